The van der Waals surface area contributed by atoms with Gasteiger partial charge in [-0.25, -0.2) is 9.97 Å². The maximum absolute atomic E-state index is 11.8. The van der Waals surface area contributed by atoms with Gasteiger partial charge >= 0.3 is 5.97 Å². The number of carbonyl (C=O) groups is 1. The maximum atomic E-state index is 11.8. The van der Waals surface area contributed by atoms with Gasteiger partial charge in [0.05, 0.1) is 5.92 Å². The normalized spacial score (nSPS) is 20.6. The van der Waals surface area contributed by atoms with Gasteiger partial charge in [0.15, 0.2) is 0 Å². The second kappa shape index (κ2) is 7.00. The Morgan fingerprint density at radius 3 is 3.04 bits per heavy atom. The van der Waals surface area contributed by atoms with E-state index in [0.29, 0.717) is 6.61 Å². The molecule has 2 aromatic heterocycles. The van der Waals surface area contributed by atoms with Crippen LogP contribution in [-0.4, -0.2) is 28.3 Å². The second-order valence-corrected chi connectivity index (χ2v) is 9.02. The Balaban J connectivity index is 1.43. The van der Waals surface area contributed by atoms with Gasteiger partial charge in [-0.3, -0.25) is 4.79 Å². The molecule has 1 saturated carbocycles. The molecule has 0 aromatic carbocycles. The monoisotopic (exact) mass is 362 g/mol. The van der Waals surface area contributed by atoms with Crippen LogP contribution in [0.2, 0.25) is 0 Å². The molecule has 0 N–H and O–H groups in total. The molecule has 4 rings (SSSR count). The number of fused-ring (bicyclic) bond motifs is 3. The molecule has 0 amide bonds. The van der Waals surface area contributed by atoms with E-state index in [1.807, 2.05) is 11.3 Å². The molecule has 2 aliphatic carbocycles. The smallest absolute Gasteiger partial charge is 0.308 e. The van der Waals surface area contributed by atoms with E-state index in [0.717, 1.165) is 47.2 Å². The van der Waals surface area contributed by atoms with Crippen molar-refractivity contribution in [1.29, 1.82) is 0 Å². The summed E-state index contributed by atoms with van der Waals surface area (Å²) in [6.07, 6.45) is 8.37. The van der Waals surface area contributed by atoms with Crippen LogP contribution in [0.4, 0.5) is 0 Å². The van der Waals surface area contributed by atoms with Gasteiger partial charge in [-0.2, -0.15) is 0 Å². The fraction of sp³-hybridized carbons (Fsp3) is 0.611. The van der Waals surface area contributed by atoms with Crippen LogP contribution in [0.25, 0.3) is 10.2 Å². The number of carbonyl (C=O) groups excluding carboxylic acids is 1. The van der Waals surface area contributed by atoms with Crippen LogP contribution < -0.4 is 0 Å². The molecule has 4 nitrogen and oxygen atoms in total. The molecule has 1 atom stereocenters. The Hall–Kier alpha value is -1.14. The van der Waals surface area contributed by atoms with Gasteiger partial charge < -0.3 is 4.74 Å². The Bertz CT molecular complexity index is 755. The van der Waals surface area contributed by atoms with E-state index < -0.39 is 0 Å². The highest BCUT2D eigenvalue weighted by Crippen LogP contribution is 2.40. The quantitative estimate of drug-likeness (QED) is 0.344. The molecular formula is C18H22N2O2S2. The number of thioether (sulfide) groups is 1. The summed E-state index contributed by atoms with van der Waals surface area (Å²) < 4.78 is 5.39. The van der Waals surface area contributed by atoms with Crippen LogP contribution in [0, 0.1) is 11.8 Å². The SMILES string of the molecule is CC1CCc2c(sc3ncnc(SCCOC(=O)C4CCC4)c23)C1. The molecule has 1 unspecified atom stereocenters. The van der Waals surface area contributed by atoms with E-state index in [1.165, 1.54) is 28.7 Å². The van der Waals surface area contributed by atoms with Crippen LogP contribution in [0.1, 0.15) is 43.0 Å². The zero-order valence-corrected chi connectivity index (χ0v) is 15.5. The van der Waals surface area contributed by atoms with Gasteiger partial charge in [-0.05, 0) is 43.6 Å². The molecule has 0 saturated heterocycles. The minimum Gasteiger partial charge on any atom is -0.465 e. The standard InChI is InChI=1S/C18H22N2O2S2/c1-11-5-6-13-14(9-11)24-17-15(13)16(19-10-20-17)23-8-7-22-18(21)12-3-2-4-12/h10-12H,2-9H2,1H3. The van der Waals surface area contributed by atoms with Crippen LogP contribution in [-0.2, 0) is 22.4 Å². The van der Waals surface area contributed by atoms with Crippen molar-refractivity contribution in [3.05, 3.63) is 16.8 Å². The highest BCUT2D eigenvalue weighted by Gasteiger charge is 2.26. The molecule has 0 spiro atoms. The van der Waals surface area contributed by atoms with Crippen molar-refractivity contribution in [2.75, 3.05) is 12.4 Å². The first-order valence-corrected chi connectivity index (χ1v) is 10.6. The number of hydrogen-bond acceptors (Lipinski definition) is 6. The molecular weight excluding hydrogens is 340 g/mol. The number of ether oxygens (including phenoxy) is 1. The van der Waals surface area contributed by atoms with Crippen LogP contribution in [0.3, 0.4) is 0 Å². The first-order chi connectivity index (χ1) is 11.7. The highest BCUT2D eigenvalue weighted by molar-refractivity contribution is 7.99. The summed E-state index contributed by atoms with van der Waals surface area (Å²) in [5.74, 6) is 1.66. The van der Waals surface area contributed by atoms with E-state index in [4.69, 9.17) is 4.74 Å². The van der Waals surface area contributed by atoms with Crippen molar-refractivity contribution >= 4 is 39.3 Å². The Labute approximate surface area is 150 Å². The molecule has 128 valence electrons. The van der Waals surface area contributed by atoms with Crippen molar-refractivity contribution < 1.29 is 9.53 Å². The van der Waals surface area contributed by atoms with Crippen molar-refractivity contribution in [3.63, 3.8) is 0 Å². The summed E-state index contributed by atoms with van der Waals surface area (Å²) in [4.78, 5) is 23.4. The van der Waals surface area contributed by atoms with Crippen molar-refractivity contribution in [2.45, 2.75) is 50.5 Å². The highest BCUT2D eigenvalue weighted by atomic mass is 32.2. The minimum absolute atomic E-state index is 0.0171. The number of aryl methyl sites for hydroxylation is 1. The van der Waals surface area contributed by atoms with E-state index >= 15 is 0 Å². The minimum atomic E-state index is -0.0171. The third kappa shape index (κ3) is 3.18. The largest absolute Gasteiger partial charge is 0.465 e. The lowest BCUT2D eigenvalue weighted by Crippen LogP contribution is -2.24. The number of thiophene rings is 1. The molecule has 24 heavy (non-hydrogen) atoms. The van der Waals surface area contributed by atoms with Crippen LogP contribution >= 0.6 is 23.1 Å². The number of aromatic nitrogens is 2. The van der Waals surface area contributed by atoms with Gasteiger partial charge in [-0.15, -0.1) is 23.1 Å². The maximum Gasteiger partial charge on any atom is 0.308 e. The number of rotatable bonds is 5. The van der Waals surface area contributed by atoms with Gasteiger partial charge in [0, 0.05) is 16.0 Å². The topological polar surface area (TPSA) is 52.1 Å². The Morgan fingerprint density at radius 1 is 1.38 bits per heavy atom. The molecule has 2 heterocycles. The van der Waals surface area contributed by atoms with E-state index in [1.54, 1.807) is 18.1 Å². The zero-order valence-electron chi connectivity index (χ0n) is 13.9. The first-order valence-electron chi connectivity index (χ1n) is 8.77. The van der Waals surface area contributed by atoms with E-state index in [2.05, 4.69) is 16.9 Å². The second-order valence-electron chi connectivity index (χ2n) is 6.85. The molecule has 0 bridgehead atoms. The molecule has 6 heteroatoms. The Morgan fingerprint density at radius 2 is 2.25 bits per heavy atom. The number of nitrogens with zero attached hydrogens (tertiary/aromatic N) is 2. The fourth-order valence-electron chi connectivity index (χ4n) is 3.40. The summed E-state index contributed by atoms with van der Waals surface area (Å²) in [6, 6.07) is 0. The average molecular weight is 363 g/mol. The summed E-state index contributed by atoms with van der Waals surface area (Å²) in [5.41, 5.74) is 1.46. The number of hydrogen-bond donors (Lipinski definition) is 0. The third-order valence-corrected chi connectivity index (χ3v) is 7.18. The van der Waals surface area contributed by atoms with E-state index in [-0.39, 0.29) is 11.9 Å². The Kier molecular flexibility index (Phi) is 4.77. The van der Waals surface area contributed by atoms with Crippen molar-refractivity contribution in [3.8, 4) is 0 Å². The first kappa shape index (κ1) is 16.3. The summed E-state index contributed by atoms with van der Waals surface area (Å²) in [7, 11) is 0. The summed E-state index contributed by atoms with van der Waals surface area (Å²) in [6.45, 7) is 2.79. The molecule has 0 radical (unpaired) electrons. The fourth-order valence-corrected chi connectivity index (χ4v) is 5.66. The third-order valence-electron chi connectivity index (χ3n) is 5.06. The summed E-state index contributed by atoms with van der Waals surface area (Å²) >= 11 is 3.51. The predicted molar refractivity (Wildman–Crippen MR) is 97.6 cm³/mol. The average Bonchev–Trinajstić information content (AvgIpc) is 2.87. The molecule has 2 aromatic rings. The van der Waals surface area contributed by atoms with Crippen LogP contribution in [0.15, 0.2) is 11.4 Å². The van der Waals surface area contributed by atoms with Gasteiger partial charge in [0.25, 0.3) is 0 Å². The lowest BCUT2D eigenvalue weighted by Gasteiger charge is -2.22. The zero-order chi connectivity index (χ0) is 16.5. The summed E-state index contributed by atoms with van der Waals surface area (Å²) in [5, 5.41) is 2.30. The predicted octanol–water partition coefficient (Wildman–Crippen LogP) is 4.25. The van der Waals surface area contributed by atoms with Crippen molar-refractivity contribution in [1.82, 2.24) is 9.97 Å². The lowest BCUT2D eigenvalue weighted by molar-refractivity contribution is -0.150. The molecule has 1 fully saturated rings. The van der Waals surface area contributed by atoms with Gasteiger partial charge in [0.2, 0.25) is 0 Å². The lowest BCUT2D eigenvalue weighted by atomic mass is 9.86. The number of esters is 1. The van der Waals surface area contributed by atoms with E-state index in [9.17, 15) is 4.79 Å². The van der Waals surface area contributed by atoms with Crippen molar-refractivity contribution in [2.24, 2.45) is 11.8 Å². The molecule has 0 aliphatic heterocycles. The van der Waals surface area contributed by atoms with Gasteiger partial charge in [0.1, 0.15) is 22.8 Å². The van der Waals surface area contributed by atoms with Crippen LogP contribution in [0.5, 0.6) is 0 Å². The van der Waals surface area contributed by atoms with Gasteiger partial charge in [-0.1, -0.05) is 13.3 Å². The molecule has 2 aliphatic rings.